The van der Waals surface area contributed by atoms with Gasteiger partial charge in [0.2, 0.25) is 0 Å². The number of carbonyl (C=O) groups is 1. The molecule has 0 amide bonds. The molecule has 1 aromatic heterocycles. The summed E-state index contributed by atoms with van der Waals surface area (Å²) in [5.41, 5.74) is 0.285. The van der Waals surface area contributed by atoms with Crippen LogP contribution in [-0.2, 0) is 9.47 Å². The number of fused-ring (bicyclic) bond motifs is 1. The lowest BCUT2D eigenvalue weighted by atomic mass is 9.98. The van der Waals surface area contributed by atoms with Crippen LogP contribution in [0.2, 0.25) is 0 Å². The highest BCUT2D eigenvalue weighted by molar-refractivity contribution is 5.97. The third-order valence-corrected chi connectivity index (χ3v) is 4.19. The summed E-state index contributed by atoms with van der Waals surface area (Å²) in [6.07, 6.45) is 2.25. The lowest BCUT2D eigenvalue weighted by Crippen LogP contribution is -2.17. The minimum absolute atomic E-state index is 0.0377. The van der Waals surface area contributed by atoms with Gasteiger partial charge in [0.05, 0.1) is 12.6 Å². The molecule has 1 atom stereocenters. The number of pyridine rings is 1. The zero-order valence-corrected chi connectivity index (χ0v) is 14.8. The van der Waals surface area contributed by atoms with Gasteiger partial charge in [-0.15, -0.1) is 13.2 Å². The van der Waals surface area contributed by atoms with Gasteiger partial charge in [-0.3, -0.25) is 14.2 Å². The number of methoxy groups -OCH3 is 1. The number of carbonyl (C=O) groups excluding carboxylic acids is 1. The Morgan fingerprint density at radius 1 is 1.25 bits per heavy atom. The molecule has 0 bridgehead atoms. The summed E-state index contributed by atoms with van der Waals surface area (Å²) in [4.78, 5) is 24.4. The van der Waals surface area contributed by atoms with Crippen molar-refractivity contribution in [2.24, 2.45) is 5.92 Å². The fraction of sp³-hybridized carbons (Fsp3) is 0.200. The number of alkyl halides is 3. The SMILES string of the molecule is COC1=C(OC(F)(F)F)C=CC(/C=C/C(=O)n2ccc(=O)c3ccccc32)C1. The molecule has 1 aromatic carbocycles. The number of aromatic nitrogens is 1. The van der Waals surface area contributed by atoms with Gasteiger partial charge in [-0.05, 0) is 18.2 Å². The highest BCUT2D eigenvalue weighted by Gasteiger charge is 2.34. The number of hydrogen-bond donors (Lipinski definition) is 0. The van der Waals surface area contributed by atoms with Crippen LogP contribution in [0.1, 0.15) is 11.2 Å². The van der Waals surface area contributed by atoms with Gasteiger partial charge in [-0.1, -0.05) is 24.3 Å². The molecule has 28 heavy (non-hydrogen) atoms. The van der Waals surface area contributed by atoms with Gasteiger partial charge in [-0.25, -0.2) is 0 Å². The molecule has 146 valence electrons. The molecule has 0 saturated carbocycles. The zero-order chi connectivity index (χ0) is 20.3. The largest absolute Gasteiger partial charge is 0.573 e. The normalized spacial score (nSPS) is 17.4. The molecule has 0 radical (unpaired) electrons. The van der Waals surface area contributed by atoms with Crippen LogP contribution in [0.3, 0.4) is 0 Å². The second kappa shape index (κ2) is 7.75. The Morgan fingerprint density at radius 3 is 2.71 bits per heavy atom. The van der Waals surface area contributed by atoms with Crippen molar-refractivity contribution in [1.82, 2.24) is 4.57 Å². The molecule has 5 nitrogen and oxygen atoms in total. The van der Waals surface area contributed by atoms with Crippen LogP contribution >= 0.6 is 0 Å². The van der Waals surface area contributed by atoms with Crippen molar-refractivity contribution in [1.29, 1.82) is 0 Å². The van der Waals surface area contributed by atoms with E-state index >= 15 is 0 Å². The van der Waals surface area contributed by atoms with Gasteiger partial charge in [0.25, 0.3) is 5.91 Å². The number of ether oxygens (including phenoxy) is 2. The maximum absolute atomic E-state index is 12.5. The third kappa shape index (κ3) is 4.33. The molecule has 0 saturated heterocycles. The summed E-state index contributed by atoms with van der Waals surface area (Å²) in [6.45, 7) is 0. The van der Waals surface area contributed by atoms with E-state index in [-0.39, 0.29) is 29.4 Å². The summed E-state index contributed by atoms with van der Waals surface area (Å²) >= 11 is 0. The number of nitrogens with zero attached hydrogens (tertiary/aromatic N) is 1. The first-order valence-corrected chi connectivity index (χ1v) is 8.32. The molecule has 1 aliphatic rings. The van der Waals surface area contributed by atoms with E-state index in [4.69, 9.17) is 4.74 Å². The predicted molar refractivity (Wildman–Crippen MR) is 96.4 cm³/mol. The number of para-hydroxylation sites is 1. The van der Waals surface area contributed by atoms with Crippen LogP contribution in [0, 0.1) is 5.92 Å². The molecule has 0 spiro atoms. The second-order valence-corrected chi connectivity index (χ2v) is 6.03. The van der Waals surface area contributed by atoms with Crippen molar-refractivity contribution < 1.29 is 27.4 Å². The second-order valence-electron chi connectivity index (χ2n) is 6.03. The highest BCUT2D eigenvalue weighted by Crippen LogP contribution is 2.30. The molecule has 0 fully saturated rings. The summed E-state index contributed by atoms with van der Waals surface area (Å²) in [5.74, 6) is -1.09. The first-order chi connectivity index (χ1) is 13.3. The first-order valence-electron chi connectivity index (χ1n) is 8.32. The molecule has 1 heterocycles. The number of halogens is 3. The van der Waals surface area contributed by atoms with Gasteiger partial charge in [-0.2, -0.15) is 0 Å². The van der Waals surface area contributed by atoms with E-state index in [9.17, 15) is 22.8 Å². The average Bonchev–Trinajstić information content (AvgIpc) is 2.66. The Morgan fingerprint density at radius 2 is 2.00 bits per heavy atom. The van der Waals surface area contributed by atoms with Crippen LogP contribution in [0.25, 0.3) is 10.9 Å². The molecule has 3 rings (SSSR count). The van der Waals surface area contributed by atoms with Crippen molar-refractivity contribution in [2.45, 2.75) is 12.8 Å². The van der Waals surface area contributed by atoms with Crippen LogP contribution in [0.5, 0.6) is 0 Å². The number of allylic oxidation sites excluding steroid dienone is 5. The Balaban J connectivity index is 1.79. The number of benzene rings is 1. The smallest absolute Gasteiger partial charge is 0.497 e. The van der Waals surface area contributed by atoms with E-state index in [2.05, 4.69) is 4.74 Å². The van der Waals surface area contributed by atoms with E-state index in [1.54, 1.807) is 30.3 Å². The molecule has 2 aromatic rings. The standard InChI is InChI=1S/C20H16F3NO4/c1-27-18-12-13(6-8-17(18)28-20(21,22)23)7-9-19(26)24-11-10-16(25)14-4-2-3-5-15(14)24/h2-11,13H,12H2,1H3/b9-7+. The Hall–Kier alpha value is -3.29. The van der Waals surface area contributed by atoms with Gasteiger partial charge in [0, 0.05) is 36.1 Å². The zero-order valence-electron chi connectivity index (χ0n) is 14.8. The third-order valence-electron chi connectivity index (χ3n) is 4.19. The van der Waals surface area contributed by atoms with Crippen LogP contribution in [0.15, 0.2) is 77.1 Å². The van der Waals surface area contributed by atoms with Crippen molar-refractivity contribution >= 4 is 16.8 Å². The topological polar surface area (TPSA) is 57.5 Å². The van der Waals surface area contributed by atoms with Gasteiger partial charge < -0.3 is 9.47 Å². The van der Waals surface area contributed by atoms with E-state index in [1.165, 1.54) is 42.2 Å². The average molecular weight is 391 g/mol. The lowest BCUT2D eigenvalue weighted by molar-refractivity contribution is -0.304. The van der Waals surface area contributed by atoms with Crippen LogP contribution in [0.4, 0.5) is 13.2 Å². The molecular weight excluding hydrogens is 375 g/mol. The predicted octanol–water partition coefficient (Wildman–Crippen LogP) is 4.17. The molecule has 1 unspecified atom stereocenters. The van der Waals surface area contributed by atoms with E-state index in [0.717, 1.165) is 0 Å². The maximum atomic E-state index is 12.5. The van der Waals surface area contributed by atoms with E-state index in [1.807, 2.05) is 0 Å². The molecule has 0 N–H and O–H groups in total. The lowest BCUT2D eigenvalue weighted by Gasteiger charge is -2.20. The summed E-state index contributed by atoms with van der Waals surface area (Å²) in [6, 6.07) is 8.03. The number of rotatable bonds is 4. The van der Waals surface area contributed by atoms with Gasteiger partial charge >= 0.3 is 6.36 Å². The fourth-order valence-corrected chi connectivity index (χ4v) is 2.90. The summed E-state index contributed by atoms with van der Waals surface area (Å²) in [5, 5.41) is 0.419. The molecule has 0 aliphatic heterocycles. The maximum Gasteiger partial charge on any atom is 0.573 e. The van der Waals surface area contributed by atoms with Crippen molar-refractivity contribution in [3.63, 3.8) is 0 Å². The van der Waals surface area contributed by atoms with Crippen molar-refractivity contribution in [2.75, 3.05) is 7.11 Å². The van der Waals surface area contributed by atoms with E-state index < -0.39 is 12.1 Å². The minimum Gasteiger partial charge on any atom is -0.497 e. The minimum atomic E-state index is -4.81. The van der Waals surface area contributed by atoms with Crippen LogP contribution in [-0.4, -0.2) is 23.9 Å². The summed E-state index contributed by atoms with van der Waals surface area (Å²) < 4.78 is 47.5. The highest BCUT2D eigenvalue weighted by atomic mass is 19.4. The molecule has 8 heteroatoms. The quantitative estimate of drug-likeness (QED) is 0.734. The fourth-order valence-electron chi connectivity index (χ4n) is 2.90. The van der Waals surface area contributed by atoms with E-state index in [0.29, 0.717) is 10.9 Å². The Bertz CT molecular complexity index is 1050. The Labute approximate surface area is 158 Å². The first kappa shape index (κ1) is 19.5. The number of hydrogen-bond acceptors (Lipinski definition) is 4. The monoisotopic (exact) mass is 391 g/mol. The summed E-state index contributed by atoms with van der Waals surface area (Å²) in [7, 11) is 1.26. The van der Waals surface area contributed by atoms with Gasteiger partial charge in [0.15, 0.2) is 11.2 Å². The Kier molecular flexibility index (Phi) is 5.39. The van der Waals surface area contributed by atoms with Gasteiger partial charge in [0.1, 0.15) is 5.76 Å². The van der Waals surface area contributed by atoms with Crippen molar-refractivity contribution in [3.05, 3.63) is 82.6 Å². The van der Waals surface area contributed by atoms with Crippen LogP contribution < -0.4 is 5.43 Å². The molecule has 1 aliphatic carbocycles. The van der Waals surface area contributed by atoms with Crippen molar-refractivity contribution in [3.8, 4) is 0 Å². The molecular formula is C20H16F3NO4.